The Hall–Kier alpha value is -0.380. The summed E-state index contributed by atoms with van der Waals surface area (Å²) in [5.41, 5.74) is 0. The number of rotatable bonds is 7. The molecule has 4 atom stereocenters. The van der Waals surface area contributed by atoms with Gasteiger partial charge >= 0.3 is 0 Å². The summed E-state index contributed by atoms with van der Waals surface area (Å²) in [6.07, 6.45) is 7.74. The van der Waals surface area contributed by atoms with E-state index in [2.05, 4.69) is 17.5 Å². The molecular formula is C13H23NO2. The molecule has 3 nitrogen and oxygen atoms in total. The summed E-state index contributed by atoms with van der Waals surface area (Å²) in [5.74, 6) is 2.55. The van der Waals surface area contributed by atoms with Gasteiger partial charge in [-0.3, -0.25) is 0 Å². The molecule has 0 saturated heterocycles. The van der Waals surface area contributed by atoms with Gasteiger partial charge < -0.3 is 14.8 Å². The molecule has 0 amide bonds. The lowest BCUT2D eigenvalue weighted by molar-refractivity contribution is 0.0283. The van der Waals surface area contributed by atoms with Gasteiger partial charge in [-0.05, 0) is 37.1 Å². The molecule has 0 heterocycles. The Morgan fingerprint density at radius 1 is 1.31 bits per heavy atom. The highest BCUT2D eigenvalue weighted by molar-refractivity contribution is 5.10. The van der Waals surface area contributed by atoms with Gasteiger partial charge in [0.05, 0.1) is 12.7 Å². The topological polar surface area (TPSA) is 30.5 Å². The molecule has 1 saturated carbocycles. The average Bonchev–Trinajstić information content (AvgIpc) is 2.89. The highest BCUT2D eigenvalue weighted by Gasteiger charge is 2.34. The molecule has 0 aromatic heterocycles. The first-order valence-electron chi connectivity index (χ1n) is 6.24. The Bertz CT molecular complexity index is 242. The van der Waals surface area contributed by atoms with Crippen molar-refractivity contribution >= 4 is 0 Å². The van der Waals surface area contributed by atoms with E-state index in [0.29, 0.717) is 6.61 Å². The van der Waals surface area contributed by atoms with Gasteiger partial charge in [-0.2, -0.15) is 0 Å². The Morgan fingerprint density at radius 2 is 2.19 bits per heavy atom. The minimum atomic E-state index is 0.180. The number of fused-ring (bicyclic) bond motifs is 2. The molecule has 3 heteroatoms. The first kappa shape index (κ1) is 12.1. The van der Waals surface area contributed by atoms with Crippen molar-refractivity contribution < 1.29 is 9.47 Å². The average molecular weight is 225 g/mol. The van der Waals surface area contributed by atoms with E-state index in [1.807, 2.05) is 0 Å². The summed E-state index contributed by atoms with van der Waals surface area (Å²) in [6.45, 7) is 2.68. The second-order valence-electron chi connectivity index (χ2n) is 5.01. The van der Waals surface area contributed by atoms with Crippen LogP contribution in [0.3, 0.4) is 0 Å². The molecule has 2 aliphatic carbocycles. The van der Waals surface area contributed by atoms with E-state index < -0.39 is 0 Å². The van der Waals surface area contributed by atoms with Crippen LogP contribution < -0.4 is 5.32 Å². The van der Waals surface area contributed by atoms with Crippen molar-refractivity contribution in [1.82, 2.24) is 5.32 Å². The van der Waals surface area contributed by atoms with Crippen molar-refractivity contribution in [3.63, 3.8) is 0 Å². The summed E-state index contributed by atoms with van der Waals surface area (Å²) < 4.78 is 10.4. The van der Waals surface area contributed by atoms with Crippen LogP contribution in [-0.2, 0) is 9.47 Å². The lowest BCUT2D eigenvalue weighted by Crippen LogP contribution is -2.35. The third-order valence-corrected chi connectivity index (χ3v) is 3.88. The molecule has 0 aromatic rings. The van der Waals surface area contributed by atoms with Crippen LogP contribution in [0.5, 0.6) is 0 Å². The van der Waals surface area contributed by atoms with Crippen LogP contribution >= 0.6 is 0 Å². The van der Waals surface area contributed by atoms with Crippen LogP contribution in [0, 0.1) is 17.8 Å². The van der Waals surface area contributed by atoms with Crippen molar-refractivity contribution in [3.8, 4) is 0 Å². The van der Waals surface area contributed by atoms with Gasteiger partial charge in [-0.1, -0.05) is 12.2 Å². The third kappa shape index (κ3) is 2.84. The van der Waals surface area contributed by atoms with Crippen LogP contribution in [0.4, 0.5) is 0 Å². The highest BCUT2D eigenvalue weighted by Crippen LogP contribution is 2.42. The molecule has 2 bridgehead atoms. The van der Waals surface area contributed by atoms with Crippen LogP contribution in [0.15, 0.2) is 12.2 Å². The predicted octanol–water partition coefficient (Wildman–Crippen LogP) is 1.45. The quantitative estimate of drug-likeness (QED) is 0.665. The lowest BCUT2D eigenvalue weighted by atomic mass is 9.93. The number of nitrogens with one attached hydrogen (secondary N) is 1. The number of hydrogen-bond donors (Lipinski definition) is 1. The fourth-order valence-corrected chi connectivity index (χ4v) is 2.96. The lowest BCUT2D eigenvalue weighted by Gasteiger charge is -2.21. The Kier molecular flexibility index (Phi) is 4.38. The van der Waals surface area contributed by atoms with E-state index in [4.69, 9.17) is 9.47 Å². The van der Waals surface area contributed by atoms with E-state index in [9.17, 15) is 0 Å². The Balaban J connectivity index is 1.63. The summed E-state index contributed by atoms with van der Waals surface area (Å²) >= 11 is 0. The van der Waals surface area contributed by atoms with Crippen molar-refractivity contribution in [3.05, 3.63) is 12.2 Å². The SMILES string of the molecule is COCC(CNCC1CC2C=CC1C2)OC. The zero-order valence-corrected chi connectivity index (χ0v) is 10.3. The first-order chi connectivity index (χ1) is 7.83. The summed E-state index contributed by atoms with van der Waals surface area (Å²) in [6, 6.07) is 0. The molecule has 2 rings (SSSR count). The van der Waals surface area contributed by atoms with E-state index in [0.717, 1.165) is 30.8 Å². The molecular weight excluding hydrogens is 202 g/mol. The van der Waals surface area contributed by atoms with E-state index in [1.165, 1.54) is 12.8 Å². The van der Waals surface area contributed by atoms with Gasteiger partial charge in [0.2, 0.25) is 0 Å². The number of ether oxygens (including phenoxy) is 2. The zero-order chi connectivity index (χ0) is 11.4. The molecule has 16 heavy (non-hydrogen) atoms. The molecule has 92 valence electrons. The zero-order valence-electron chi connectivity index (χ0n) is 10.3. The van der Waals surface area contributed by atoms with Crippen LogP contribution in [0.1, 0.15) is 12.8 Å². The smallest absolute Gasteiger partial charge is 0.0928 e. The standard InChI is InChI=1S/C13H23NO2/c1-15-9-13(16-2)8-14-7-12-6-10-3-4-11(12)5-10/h3-4,10-14H,5-9H2,1-2H3. The van der Waals surface area contributed by atoms with Crippen molar-refractivity contribution in [1.29, 1.82) is 0 Å². The molecule has 0 aliphatic heterocycles. The van der Waals surface area contributed by atoms with Crippen molar-refractivity contribution in [2.45, 2.75) is 18.9 Å². The second-order valence-corrected chi connectivity index (χ2v) is 5.01. The summed E-state index contributed by atoms with van der Waals surface area (Å²) in [5, 5.41) is 3.51. The maximum absolute atomic E-state index is 5.32. The first-order valence-corrected chi connectivity index (χ1v) is 6.24. The Morgan fingerprint density at radius 3 is 2.75 bits per heavy atom. The monoisotopic (exact) mass is 225 g/mol. The summed E-state index contributed by atoms with van der Waals surface area (Å²) in [4.78, 5) is 0. The van der Waals surface area contributed by atoms with Gasteiger partial charge in [-0.15, -0.1) is 0 Å². The highest BCUT2D eigenvalue weighted by atomic mass is 16.5. The summed E-state index contributed by atoms with van der Waals surface area (Å²) in [7, 11) is 3.46. The minimum absolute atomic E-state index is 0.180. The molecule has 1 N–H and O–H groups in total. The van der Waals surface area contributed by atoms with Crippen LogP contribution in [0.2, 0.25) is 0 Å². The molecule has 2 aliphatic rings. The number of allylic oxidation sites excluding steroid dienone is 2. The predicted molar refractivity (Wildman–Crippen MR) is 64.4 cm³/mol. The van der Waals surface area contributed by atoms with Crippen molar-refractivity contribution in [2.24, 2.45) is 17.8 Å². The second kappa shape index (κ2) is 5.80. The van der Waals surface area contributed by atoms with Gasteiger partial charge in [0.1, 0.15) is 0 Å². The van der Waals surface area contributed by atoms with Gasteiger partial charge in [-0.25, -0.2) is 0 Å². The van der Waals surface area contributed by atoms with Crippen LogP contribution in [0.25, 0.3) is 0 Å². The Labute approximate surface area is 98.2 Å². The van der Waals surface area contributed by atoms with E-state index in [-0.39, 0.29) is 6.10 Å². The van der Waals surface area contributed by atoms with Gasteiger partial charge in [0, 0.05) is 20.8 Å². The fraction of sp³-hybridized carbons (Fsp3) is 0.846. The third-order valence-electron chi connectivity index (χ3n) is 3.88. The number of methoxy groups -OCH3 is 2. The molecule has 0 spiro atoms. The van der Waals surface area contributed by atoms with Gasteiger partial charge in [0.15, 0.2) is 0 Å². The number of hydrogen-bond acceptors (Lipinski definition) is 3. The fourth-order valence-electron chi connectivity index (χ4n) is 2.96. The largest absolute Gasteiger partial charge is 0.382 e. The maximum atomic E-state index is 5.32. The molecule has 0 radical (unpaired) electrons. The van der Waals surface area contributed by atoms with E-state index in [1.54, 1.807) is 14.2 Å². The normalized spacial score (nSPS) is 33.5. The van der Waals surface area contributed by atoms with Gasteiger partial charge in [0.25, 0.3) is 0 Å². The molecule has 4 unspecified atom stereocenters. The molecule has 1 fully saturated rings. The van der Waals surface area contributed by atoms with Crippen LogP contribution in [-0.4, -0.2) is 40.0 Å². The van der Waals surface area contributed by atoms with E-state index >= 15 is 0 Å². The minimum Gasteiger partial charge on any atom is -0.382 e. The van der Waals surface area contributed by atoms with Crippen molar-refractivity contribution in [2.75, 3.05) is 33.9 Å². The maximum Gasteiger partial charge on any atom is 0.0928 e. The molecule has 0 aromatic carbocycles.